The van der Waals surface area contributed by atoms with Crippen LogP contribution in [0.4, 0.5) is 0 Å². The van der Waals surface area contributed by atoms with Crippen LogP contribution in [0.3, 0.4) is 0 Å². The maximum absolute atomic E-state index is 12.7. The van der Waals surface area contributed by atoms with Crippen LogP contribution in [-0.2, 0) is 4.79 Å². The minimum Gasteiger partial charge on any atom is -0.493 e. The second kappa shape index (κ2) is 8.20. The molecule has 0 aromatic heterocycles. The first-order valence-electron chi connectivity index (χ1n) is 8.44. The topological polar surface area (TPSA) is 85.1 Å². The normalized spacial score (nSPS) is 15.9. The molecule has 0 bridgehead atoms. The fourth-order valence-electron chi connectivity index (χ4n) is 2.78. The number of nitrogens with two attached hydrogens (primary N) is 1. The summed E-state index contributed by atoms with van der Waals surface area (Å²) in [5, 5.41) is 0. The number of ether oxygens (including phenoxy) is 2. The van der Waals surface area contributed by atoms with E-state index in [-0.39, 0.29) is 17.7 Å². The van der Waals surface area contributed by atoms with Gasteiger partial charge in [0.15, 0.2) is 11.5 Å². The van der Waals surface area contributed by atoms with Gasteiger partial charge in [-0.05, 0) is 24.1 Å². The van der Waals surface area contributed by atoms with Crippen LogP contribution < -0.4 is 15.2 Å². The van der Waals surface area contributed by atoms with Crippen LogP contribution in [-0.4, -0.2) is 68.1 Å². The summed E-state index contributed by atoms with van der Waals surface area (Å²) in [6, 6.07) is 4.62. The molecule has 138 valence electrons. The maximum Gasteiger partial charge on any atom is 0.254 e. The molecule has 1 heterocycles. The summed E-state index contributed by atoms with van der Waals surface area (Å²) in [4.78, 5) is 28.5. The van der Waals surface area contributed by atoms with E-state index in [0.717, 1.165) is 0 Å². The van der Waals surface area contributed by atoms with Crippen molar-refractivity contribution in [1.29, 1.82) is 0 Å². The van der Waals surface area contributed by atoms with Crippen molar-refractivity contribution >= 4 is 11.8 Å². The molecule has 1 atom stereocenters. The van der Waals surface area contributed by atoms with Gasteiger partial charge in [0.05, 0.1) is 20.3 Å². The minimum atomic E-state index is -0.492. The summed E-state index contributed by atoms with van der Waals surface area (Å²) in [7, 11) is 3.09. The van der Waals surface area contributed by atoms with Crippen LogP contribution in [0, 0.1) is 5.92 Å². The van der Waals surface area contributed by atoms with E-state index in [1.807, 2.05) is 13.8 Å². The minimum absolute atomic E-state index is 0.0479. The molecular weight excluding hydrogens is 322 g/mol. The first kappa shape index (κ1) is 19.1. The molecule has 0 saturated carbocycles. The third-order valence-corrected chi connectivity index (χ3v) is 4.51. The number of nitrogens with zero attached hydrogens (tertiary/aromatic N) is 2. The molecule has 7 nitrogen and oxygen atoms in total. The predicted molar refractivity (Wildman–Crippen MR) is 94.8 cm³/mol. The van der Waals surface area contributed by atoms with E-state index in [2.05, 4.69) is 0 Å². The largest absolute Gasteiger partial charge is 0.493 e. The Hall–Kier alpha value is -2.28. The Bertz CT molecular complexity index is 625. The zero-order valence-corrected chi connectivity index (χ0v) is 15.3. The number of carbonyl (C=O) groups excluding carboxylic acids is 2. The Kier molecular flexibility index (Phi) is 6.25. The fourth-order valence-corrected chi connectivity index (χ4v) is 2.78. The van der Waals surface area contributed by atoms with Crippen LogP contribution in [0.5, 0.6) is 11.5 Å². The van der Waals surface area contributed by atoms with Crippen molar-refractivity contribution in [3.63, 3.8) is 0 Å². The molecule has 2 amide bonds. The second-order valence-electron chi connectivity index (χ2n) is 6.46. The number of methoxy groups -OCH3 is 2. The highest BCUT2D eigenvalue weighted by Crippen LogP contribution is 2.28. The molecule has 2 rings (SSSR count). The Labute approximate surface area is 148 Å². The molecule has 1 fully saturated rings. The molecule has 0 aliphatic carbocycles. The summed E-state index contributed by atoms with van der Waals surface area (Å²) >= 11 is 0. The van der Waals surface area contributed by atoms with Crippen LogP contribution in [0.25, 0.3) is 0 Å². The quantitative estimate of drug-likeness (QED) is 0.856. The molecule has 1 aliphatic heterocycles. The van der Waals surface area contributed by atoms with E-state index >= 15 is 0 Å². The highest BCUT2D eigenvalue weighted by molar-refractivity contribution is 5.95. The molecule has 1 aromatic rings. The van der Waals surface area contributed by atoms with Crippen molar-refractivity contribution in [2.24, 2.45) is 11.7 Å². The van der Waals surface area contributed by atoms with Gasteiger partial charge in [-0.3, -0.25) is 9.59 Å². The average Bonchev–Trinajstić information content (AvgIpc) is 2.65. The van der Waals surface area contributed by atoms with Crippen LogP contribution in [0.2, 0.25) is 0 Å². The Balaban J connectivity index is 2.01. The molecular formula is C18H27N3O4. The van der Waals surface area contributed by atoms with Crippen LogP contribution >= 0.6 is 0 Å². The van der Waals surface area contributed by atoms with Crippen molar-refractivity contribution in [3.8, 4) is 11.5 Å². The van der Waals surface area contributed by atoms with E-state index in [0.29, 0.717) is 43.2 Å². The fraction of sp³-hybridized carbons (Fsp3) is 0.556. The summed E-state index contributed by atoms with van der Waals surface area (Å²) < 4.78 is 10.4. The smallest absolute Gasteiger partial charge is 0.254 e. The van der Waals surface area contributed by atoms with Gasteiger partial charge in [-0.2, -0.15) is 0 Å². The van der Waals surface area contributed by atoms with Crippen molar-refractivity contribution in [2.75, 3.05) is 40.4 Å². The van der Waals surface area contributed by atoms with Gasteiger partial charge in [0.1, 0.15) is 0 Å². The van der Waals surface area contributed by atoms with E-state index in [9.17, 15) is 9.59 Å². The molecule has 0 spiro atoms. The Morgan fingerprint density at radius 2 is 1.56 bits per heavy atom. The van der Waals surface area contributed by atoms with E-state index in [4.69, 9.17) is 15.2 Å². The number of benzene rings is 1. The van der Waals surface area contributed by atoms with Crippen molar-refractivity contribution in [2.45, 2.75) is 19.9 Å². The third kappa shape index (κ3) is 4.22. The second-order valence-corrected chi connectivity index (χ2v) is 6.46. The van der Waals surface area contributed by atoms with Gasteiger partial charge < -0.3 is 25.0 Å². The van der Waals surface area contributed by atoms with Gasteiger partial charge >= 0.3 is 0 Å². The summed E-state index contributed by atoms with van der Waals surface area (Å²) in [5.41, 5.74) is 6.48. The maximum atomic E-state index is 12.7. The lowest BCUT2D eigenvalue weighted by atomic mass is 10.0. The van der Waals surface area contributed by atoms with E-state index < -0.39 is 6.04 Å². The third-order valence-electron chi connectivity index (χ3n) is 4.51. The zero-order valence-electron chi connectivity index (χ0n) is 15.3. The molecule has 1 saturated heterocycles. The number of piperazine rings is 1. The van der Waals surface area contributed by atoms with Gasteiger partial charge in [0, 0.05) is 31.7 Å². The predicted octanol–water partition coefficient (Wildman–Crippen LogP) is 0.972. The molecule has 0 radical (unpaired) electrons. The van der Waals surface area contributed by atoms with Gasteiger partial charge in [0.25, 0.3) is 5.91 Å². The van der Waals surface area contributed by atoms with Gasteiger partial charge in [-0.1, -0.05) is 13.8 Å². The molecule has 0 unspecified atom stereocenters. The highest BCUT2D eigenvalue weighted by Gasteiger charge is 2.29. The molecule has 7 heteroatoms. The van der Waals surface area contributed by atoms with Gasteiger partial charge in [-0.15, -0.1) is 0 Å². The lowest BCUT2D eigenvalue weighted by Crippen LogP contribution is -2.55. The Morgan fingerprint density at radius 1 is 1.00 bits per heavy atom. The summed E-state index contributed by atoms with van der Waals surface area (Å²) in [6.07, 6.45) is 0. The lowest BCUT2D eigenvalue weighted by Gasteiger charge is -2.36. The highest BCUT2D eigenvalue weighted by atomic mass is 16.5. The first-order chi connectivity index (χ1) is 11.9. The van der Waals surface area contributed by atoms with Gasteiger partial charge in [-0.25, -0.2) is 0 Å². The summed E-state index contributed by atoms with van der Waals surface area (Å²) in [5.74, 6) is 1.07. The van der Waals surface area contributed by atoms with Gasteiger partial charge in [0.2, 0.25) is 5.91 Å². The summed E-state index contributed by atoms with van der Waals surface area (Å²) in [6.45, 7) is 5.84. The van der Waals surface area contributed by atoms with E-state index in [1.165, 1.54) is 7.11 Å². The Morgan fingerprint density at radius 3 is 2.08 bits per heavy atom. The zero-order chi connectivity index (χ0) is 18.6. The standard InChI is InChI=1S/C18H27N3O4/c1-12(2)16(19)18(23)21-9-7-20(8-10-21)17(22)13-5-6-14(24-3)15(11-13)25-4/h5-6,11-12,16H,7-10,19H2,1-4H3/t16-/m0/s1. The van der Waals surface area contributed by atoms with Crippen LogP contribution in [0.15, 0.2) is 18.2 Å². The number of amides is 2. The average molecular weight is 349 g/mol. The van der Waals surface area contributed by atoms with Crippen molar-refractivity contribution in [3.05, 3.63) is 23.8 Å². The van der Waals surface area contributed by atoms with Crippen molar-refractivity contribution in [1.82, 2.24) is 9.80 Å². The SMILES string of the molecule is COc1ccc(C(=O)N2CCN(C(=O)[C@@H](N)C(C)C)CC2)cc1OC. The first-order valence-corrected chi connectivity index (χ1v) is 8.44. The number of rotatable bonds is 5. The monoisotopic (exact) mass is 349 g/mol. The molecule has 1 aliphatic rings. The molecule has 25 heavy (non-hydrogen) atoms. The van der Waals surface area contributed by atoms with E-state index in [1.54, 1.807) is 35.1 Å². The number of hydrogen-bond acceptors (Lipinski definition) is 5. The number of hydrogen-bond donors (Lipinski definition) is 1. The number of carbonyl (C=O) groups is 2. The van der Waals surface area contributed by atoms with Crippen molar-refractivity contribution < 1.29 is 19.1 Å². The molecule has 1 aromatic carbocycles. The van der Waals surface area contributed by atoms with Crippen LogP contribution in [0.1, 0.15) is 24.2 Å². The lowest BCUT2D eigenvalue weighted by molar-refractivity contribution is -0.135. The molecule has 2 N–H and O–H groups in total.